The number of piperazine rings is 1. The molecule has 4 aromatic rings. The Kier molecular flexibility index (Phi) is 6.24. The predicted molar refractivity (Wildman–Crippen MR) is 130 cm³/mol. The zero-order valence-corrected chi connectivity index (χ0v) is 19.0. The number of hydrogen-bond donors (Lipinski definition) is 1. The lowest BCUT2D eigenvalue weighted by atomic mass is 10.0. The summed E-state index contributed by atoms with van der Waals surface area (Å²) in [5, 5.41) is 0. The van der Waals surface area contributed by atoms with Gasteiger partial charge in [-0.05, 0) is 29.3 Å². The highest BCUT2D eigenvalue weighted by atomic mass is 32.2. The van der Waals surface area contributed by atoms with Crippen LogP contribution < -0.4 is 10.6 Å². The van der Waals surface area contributed by atoms with E-state index >= 15 is 4.39 Å². The number of anilines is 2. The number of nitrogen functional groups attached to an aromatic ring is 1. The molecule has 2 aromatic carbocycles. The lowest BCUT2D eigenvalue weighted by Gasteiger charge is -2.34. The third-order valence-corrected chi connectivity index (χ3v) is 7.22. The molecule has 1 saturated heterocycles. The van der Waals surface area contributed by atoms with Gasteiger partial charge in [0.1, 0.15) is 28.4 Å². The number of nitrogens with zero attached hydrogens (tertiary/aromatic N) is 6. The van der Waals surface area contributed by atoms with Crippen LogP contribution in [-0.4, -0.2) is 54.6 Å². The Balaban J connectivity index is 1.37. The van der Waals surface area contributed by atoms with Gasteiger partial charge in [-0.15, -0.1) is 0 Å². The maximum absolute atomic E-state index is 15.0. The number of nitrogens with two attached hydrogens (primary N) is 1. The summed E-state index contributed by atoms with van der Waals surface area (Å²) in [6, 6.07) is 12.3. The third-order valence-electron chi connectivity index (χ3n) is 5.65. The fourth-order valence-electron chi connectivity index (χ4n) is 3.90. The molecule has 172 valence electrons. The van der Waals surface area contributed by atoms with E-state index in [0.29, 0.717) is 47.9 Å². The smallest absolute Gasteiger partial charge is 0.147 e. The zero-order valence-electron chi connectivity index (χ0n) is 18.2. The Labute approximate surface area is 198 Å². The average Bonchev–Trinajstić information content (AvgIpc) is 2.89. The standard InChI is InChI=1S/C24H22FN7OS/c25-20-13-17(5-6-19(20)21-14-30-23(26)15-29-21)18-3-1-2-4-22(18)34(33)32-11-9-31(10-12-32)24-16-27-7-8-28-24/h1-8,13-16H,9-12H2,(H2,26,30). The van der Waals surface area contributed by atoms with Gasteiger partial charge in [0.05, 0.1) is 29.2 Å². The summed E-state index contributed by atoms with van der Waals surface area (Å²) in [4.78, 5) is 19.4. The Bertz CT molecular complexity index is 1310. The Morgan fingerprint density at radius 2 is 1.71 bits per heavy atom. The Morgan fingerprint density at radius 1 is 0.882 bits per heavy atom. The van der Waals surface area contributed by atoms with Crippen LogP contribution in [0, 0.1) is 5.82 Å². The van der Waals surface area contributed by atoms with E-state index in [1.54, 1.807) is 30.7 Å². The molecule has 1 aliphatic rings. The molecular weight excluding hydrogens is 453 g/mol. The summed E-state index contributed by atoms with van der Waals surface area (Å²) in [7, 11) is -1.39. The molecule has 8 nitrogen and oxygen atoms in total. The Hall–Kier alpha value is -3.76. The fourth-order valence-corrected chi connectivity index (χ4v) is 5.24. The van der Waals surface area contributed by atoms with Crippen LogP contribution >= 0.6 is 0 Å². The van der Waals surface area contributed by atoms with Crippen LogP contribution in [0.3, 0.4) is 0 Å². The molecule has 10 heteroatoms. The predicted octanol–water partition coefficient (Wildman–Crippen LogP) is 3.17. The molecule has 1 unspecified atom stereocenters. The van der Waals surface area contributed by atoms with Gasteiger partial charge >= 0.3 is 0 Å². The van der Waals surface area contributed by atoms with Crippen molar-refractivity contribution in [3.8, 4) is 22.4 Å². The molecular formula is C24H22FN7OS. The lowest BCUT2D eigenvalue weighted by molar-refractivity contribution is 0.408. The number of halogens is 1. The third kappa shape index (κ3) is 4.50. The molecule has 34 heavy (non-hydrogen) atoms. The summed E-state index contributed by atoms with van der Waals surface area (Å²) in [5.41, 5.74) is 7.68. The van der Waals surface area contributed by atoms with Crippen LogP contribution in [0.4, 0.5) is 16.0 Å². The minimum atomic E-state index is -1.39. The second kappa shape index (κ2) is 9.62. The number of benzene rings is 2. The van der Waals surface area contributed by atoms with Gasteiger partial charge in [-0.25, -0.2) is 22.9 Å². The van der Waals surface area contributed by atoms with Gasteiger partial charge in [-0.1, -0.05) is 24.3 Å². The number of rotatable bonds is 5. The highest BCUT2D eigenvalue weighted by Gasteiger charge is 2.25. The molecule has 3 heterocycles. The van der Waals surface area contributed by atoms with Crippen molar-refractivity contribution in [3.63, 3.8) is 0 Å². The first-order chi connectivity index (χ1) is 16.6. The highest BCUT2D eigenvalue weighted by molar-refractivity contribution is 7.82. The van der Waals surface area contributed by atoms with Crippen molar-refractivity contribution in [1.29, 1.82) is 0 Å². The van der Waals surface area contributed by atoms with Gasteiger partial charge in [-0.2, -0.15) is 0 Å². The molecule has 1 fully saturated rings. The highest BCUT2D eigenvalue weighted by Crippen LogP contribution is 2.31. The van der Waals surface area contributed by atoms with Crippen LogP contribution in [-0.2, 0) is 11.0 Å². The van der Waals surface area contributed by atoms with Gasteiger partial charge < -0.3 is 10.6 Å². The molecule has 0 aliphatic carbocycles. The summed E-state index contributed by atoms with van der Waals surface area (Å²) < 4.78 is 30.5. The molecule has 0 bridgehead atoms. The normalized spacial score (nSPS) is 15.3. The first-order valence-corrected chi connectivity index (χ1v) is 11.9. The van der Waals surface area contributed by atoms with E-state index < -0.39 is 16.8 Å². The molecule has 2 N–H and O–H groups in total. The molecule has 0 saturated carbocycles. The van der Waals surface area contributed by atoms with Gasteiger partial charge in [0.25, 0.3) is 0 Å². The van der Waals surface area contributed by atoms with E-state index in [1.165, 1.54) is 18.5 Å². The van der Waals surface area contributed by atoms with Crippen LogP contribution in [0.15, 0.2) is 78.3 Å². The van der Waals surface area contributed by atoms with E-state index in [9.17, 15) is 4.21 Å². The van der Waals surface area contributed by atoms with Crippen LogP contribution in [0.5, 0.6) is 0 Å². The summed E-state index contributed by atoms with van der Waals surface area (Å²) in [5.74, 6) is 0.652. The quantitative estimate of drug-likeness (QED) is 0.473. The summed E-state index contributed by atoms with van der Waals surface area (Å²) >= 11 is 0. The van der Waals surface area contributed by atoms with E-state index in [0.717, 1.165) is 11.4 Å². The van der Waals surface area contributed by atoms with Gasteiger partial charge in [0.15, 0.2) is 0 Å². The lowest BCUT2D eigenvalue weighted by Crippen LogP contribution is -2.47. The van der Waals surface area contributed by atoms with Crippen molar-refractivity contribution in [2.75, 3.05) is 36.8 Å². The molecule has 1 atom stereocenters. The van der Waals surface area contributed by atoms with Crippen molar-refractivity contribution in [3.05, 3.63) is 79.3 Å². The first-order valence-electron chi connectivity index (χ1n) is 10.7. The maximum atomic E-state index is 15.0. The molecule has 5 rings (SSSR count). The molecule has 2 aromatic heterocycles. The average molecular weight is 476 g/mol. The monoisotopic (exact) mass is 475 g/mol. The van der Waals surface area contributed by atoms with E-state index in [-0.39, 0.29) is 5.82 Å². The molecule has 0 amide bonds. The van der Waals surface area contributed by atoms with Gasteiger partial charge in [-0.3, -0.25) is 9.97 Å². The second-order valence-electron chi connectivity index (χ2n) is 7.75. The Morgan fingerprint density at radius 3 is 2.41 bits per heavy atom. The minimum absolute atomic E-state index is 0.273. The maximum Gasteiger partial charge on any atom is 0.147 e. The number of aromatic nitrogens is 4. The van der Waals surface area contributed by atoms with Crippen LogP contribution in [0.25, 0.3) is 22.4 Å². The number of hydrogen-bond acceptors (Lipinski definition) is 7. The molecule has 1 aliphatic heterocycles. The summed E-state index contributed by atoms with van der Waals surface area (Å²) in [6.07, 6.45) is 7.88. The van der Waals surface area contributed by atoms with E-state index in [1.807, 2.05) is 28.6 Å². The molecule has 0 spiro atoms. The van der Waals surface area contributed by atoms with Crippen molar-refractivity contribution in [1.82, 2.24) is 24.2 Å². The van der Waals surface area contributed by atoms with Crippen molar-refractivity contribution in [2.45, 2.75) is 4.90 Å². The van der Waals surface area contributed by atoms with Crippen molar-refractivity contribution >= 4 is 22.6 Å². The van der Waals surface area contributed by atoms with Gasteiger partial charge in [0, 0.05) is 44.1 Å². The topological polar surface area (TPSA) is 101 Å². The van der Waals surface area contributed by atoms with Crippen LogP contribution in [0.1, 0.15) is 0 Å². The second-order valence-corrected chi connectivity index (χ2v) is 9.20. The largest absolute Gasteiger partial charge is 0.382 e. The van der Waals surface area contributed by atoms with Crippen molar-refractivity contribution in [2.24, 2.45) is 0 Å². The van der Waals surface area contributed by atoms with E-state index in [2.05, 4.69) is 24.8 Å². The minimum Gasteiger partial charge on any atom is -0.382 e. The fraction of sp³-hybridized carbons (Fsp3) is 0.167. The van der Waals surface area contributed by atoms with E-state index in [4.69, 9.17) is 5.73 Å². The zero-order chi connectivity index (χ0) is 23.5. The van der Waals surface area contributed by atoms with Gasteiger partial charge in [0.2, 0.25) is 0 Å². The molecule has 0 radical (unpaired) electrons. The first kappa shape index (κ1) is 22.1. The summed E-state index contributed by atoms with van der Waals surface area (Å²) in [6.45, 7) is 2.61. The van der Waals surface area contributed by atoms with Crippen molar-refractivity contribution < 1.29 is 8.60 Å². The van der Waals surface area contributed by atoms with Crippen LogP contribution in [0.2, 0.25) is 0 Å². The SMILES string of the molecule is Nc1cnc(-c2ccc(-c3ccccc3S(=O)N3CCN(c4cnccn4)CC3)cc2F)cn1.